The van der Waals surface area contributed by atoms with Crippen LogP contribution in [0, 0.1) is 34.5 Å². The lowest BCUT2D eigenvalue weighted by atomic mass is 9.45. The van der Waals surface area contributed by atoms with Crippen molar-refractivity contribution in [3.05, 3.63) is 0 Å². The van der Waals surface area contributed by atoms with Crippen LogP contribution in [0.5, 0.6) is 0 Å². The minimum atomic E-state index is -0.187. The molecule has 140 valence electrons. The number of fused-ring (bicyclic) bond motifs is 5. The lowest BCUT2D eigenvalue weighted by Gasteiger charge is -2.60. The molecule has 7 atom stereocenters. The maximum Gasteiger partial charge on any atom is 0.302 e. The number of hydrogen-bond acceptors (Lipinski definition) is 4. The highest BCUT2D eigenvalue weighted by Gasteiger charge is 2.61. The normalized spacial score (nSPS) is 49.1. The van der Waals surface area contributed by atoms with Crippen LogP contribution in [0.4, 0.5) is 0 Å². The van der Waals surface area contributed by atoms with Gasteiger partial charge in [0, 0.05) is 25.4 Å². The summed E-state index contributed by atoms with van der Waals surface area (Å²) in [6, 6.07) is 0. The van der Waals surface area contributed by atoms with Gasteiger partial charge in [-0.05, 0) is 80.5 Å². The summed E-state index contributed by atoms with van der Waals surface area (Å²) >= 11 is 0. The molecule has 0 aliphatic heterocycles. The van der Waals surface area contributed by atoms with Gasteiger partial charge < -0.3 is 9.84 Å². The van der Waals surface area contributed by atoms with Crippen molar-refractivity contribution in [2.45, 2.75) is 77.7 Å². The number of carbonyl (C=O) groups is 2. The van der Waals surface area contributed by atoms with Gasteiger partial charge >= 0.3 is 5.97 Å². The highest BCUT2D eigenvalue weighted by molar-refractivity contribution is 5.87. The molecule has 0 spiro atoms. The van der Waals surface area contributed by atoms with Crippen molar-refractivity contribution >= 4 is 11.8 Å². The summed E-state index contributed by atoms with van der Waals surface area (Å²) in [5.41, 5.74) is -0.105. The van der Waals surface area contributed by atoms with E-state index < -0.39 is 0 Å². The second-order valence-electron chi connectivity index (χ2n) is 9.47. The molecule has 0 aromatic rings. The molecule has 4 heteroatoms. The smallest absolute Gasteiger partial charge is 0.302 e. The average Bonchev–Trinajstić information content (AvgIpc) is 2.89. The molecule has 4 aliphatic carbocycles. The fourth-order valence-electron chi connectivity index (χ4n) is 7.43. The Labute approximate surface area is 150 Å². The number of aliphatic hydroxyl groups excluding tert-OH is 1. The molecule has 0 radical (unpaired) electrons. The van der Waals surface area contributed by atoms with Gasteiger partial charge in [-0.15, -0.1) is 0 Å². The zero-order valence-electron chi connectivity index (χ0n) is 15.6. The van der Waals surface area contributed by atoms with E-state index in [1.165, 1.54) is 13.3 Å². The quantitative estimate of drug-likeness (QED) is 0.776. The van der Waals surface area contributed by atoms with E-state index >= 15 is 0 Å². The Kier molecular flexibility index (Phi) is 4.25. The fraction of sp³-hybridized carbons (Fsp3) is 0.905. The summed E-state index contributed by atoms with van der Waals surface area (Å²) in [5.74, 6) is 2.41. The Hall–Kier alpha value is -0.900. The van der Waals surface area contributed by atoms with Crippen molar-refractivity contribution in [1.29, 1.82) is 0 Å². The number of Topliss-reactive ketones (excluding diaryl/α,β-unsaturated/α-hetero) is 1. The third kappa shape index (κ3) is 2.50. The zero-order valence-corrected chi connectivity index (χ0v) is 15.6. The summed E-state index contributed by atoms with van der Waals surface area (Å²) in [6.45, 7) is 3.95. The molecular formula is C21H32O4. The second kappa shape index (κ2) is 6.07. The molecule has 0 saturated heterocycles. The lowest BCUT2D eigenvalue weighted by Crippen LogP contribution is -2.56. The van der Waals surface area contributed by atoms with Crippen molar-refractivity contribution in [3.63, 3.8) is 0 Å². The monoisotopic (exact) mass is 348 g/mol. The van der Waals surface area contributed by atoms with Gasteiger partial charge in [-0.1, -0.05) is 6.92 Å². The van der Waals surface area contributed by atoms with Crippen molar-refractivity contribution in [2.24, 2.45) is 34.5 Å². The van der Waals surface area contributed by atoms with Crippen molar-refractivity contribution in [1.82, 2.24) is 0 Å². The second-order valence-corrected chi connectivity index (χ2v) is 9.47. The fourth-order valence-corrected chi connectivity index (χ4v) is 7.43. The van der Waals surface area contributed by atoms with Gasteiger partial charge in [-0.3, -0.25) is 9.59 Å². The van der Waals surface area contributed by atoms with Crippen LogP contribution in [0.25, 0.3) is 0 Å². The first kappa shape index (κ1) is 17.5. The first-order chi connectivity index (χ1) is 11.9. The number of aliphatic hydroxyl groups is 1. The molecule has 4 aliphatic rings. The minimum absolute atomic E-state index is 0.00741. The molecule has 0 aromatic heterocycles. The third-order valence-corrected chi connectivity index (χ3v) is 8.65. The molecule has 0 bridgehead atoms. The number of ketones is 1. The Morgan fingerprint density at radius 2 is 1.96 bits per heavy atom. The Morgan fingerprint density at radius 1 is 1.16 bits per heavy atom. The molecule has 0 amide bonds. The van der Waals surface area contributed by atoms with Crippen LogP contribution in [-0.2, 0) is 14.3 Å². The van der Waals surface area contributed by atoms with Crippen molar-refractivity contribution < 1.29 is 19.4 Å². The largest absolute Gasteiger partial charge is 0.463 e. The lowest BCUT2D eigenvalue weighted by molar-refractivity contribution is -0.169. The predicted molar refractivity (Wildman–Crippen MR) is 93.7 cm³/mol. The zero-order chi connectivity index (χ0) is 17.8. The van der Waals surface area contributed by atoms with Crippen LogP contribution in [-0.4, -0.2) is 29.6 Å². The highest BCUT2D eigenvalue weighted by atomic mass is 16.5. The summed E-state index contributed by atoms with van der Waals surface area (Å²) in [4.78, 5) is 23.8. The van der Waals surface area contributed by atoms with Crippen LogP contribution < -0.4 is 0 Å². The Morgan fingerprint density at radius 3 is 2.68 bits per heavy atom. The van der Waals surface area contributed by atoms with Gasteiger partial charge in [0.15, 0.2) is 0 Å². The molecule has 25 heavy (non-hydrogen) atoms. The van der Waals surface area contributed by atoms with E-state index in [1.807, 2.05) is 0 Å². The Balaban J connectivity index is 1.58. The van der Waals surface area contributed by atoms with Gasteiger partial charge in [-0.25, -0.2) is 0 Å². The molecule has 1 N–H and O–H groups in total. The molecule has 4 fully saturated rings. The maximum absolute atomic E-state index is 12.5. The van der Waals surface area contributed by atoms with Crippen molar-refractivity contribution in [3.8, 4) is 0 Å². The van der Waals surface area contributed by atoms with E-state index in [1.54, 1.807) is 0 Å². The van der Waals surface area contributed by atoms with E-state index in [9.17, 15) is 14.7 Å². The van der Waals surface area contributed by atoms with E-state index in [4.69, 9.17) is 4.74 Å². The van der Waals surface area contributed by atoms with Crippen LogP contribution in [0.1, 0.15) is 71.6 Å². The van der Waals surface area contributed by atoms with Gasteiger partial charge in [0.05, 0.1) is 0 Å². The summed E-state index contributed by atoms with van der Waals surface area (Å²) in [7, 11) is 0. The first-order valence-corrected chi connectivity index (χ1v) is 10.2. The number of carbonyl (C=O) groups excluding carboxylic acids is 2. The van der Waals surface area contributed by atoms with E-state index in [0.29, 0.717) is 29.5 Å². The SMILES string of the molecule is CC(=O)O[C@H]1CC[C@@]2(CO)[C@H](CC[C@@H]3[C@@H]2CC[C@]2(C)C(=O)CC[C@@H]32)C1. The van der Waals surface area contributed by atoms with Gasteiger partial charge in [0.1, 0.15) is 11.9 Å². The molecule has 0 heterocycles. The van der Waals surface area contributed by atoms with Crippen LogP contribution in [0.2, 0.25) is 0 Å². The predicted octanol–water partition coefficient (Wildman–Crippen LogP) is 3.50. The maximum atomic E-state index is 12.5. The van der Waals surface area contributed by atoms with Gasteiger partial charge in [0.2, 0.25) is 0 Å². The number of rotatable bonds is 2. The van der Waals surface area contributed by atoms with E-state index in [-0.39, 0.29) is 29.5 Å². The molecular weight excluding hydrogens is 316 g/mol. The summed E-state index contributed by atoms with van der Waals surface area (Å²) < 4.78 is 5.50. The molecule has 4 saturated carbocycles. The topological polar surface area (TPSA) is 63.6 Å². The summed E-state index contributed by atoms with van der Waals surface area (Å²) in [6.07, 6.45) is 8.96. The first-order valence-electron chi connectivity index (χ1n) is 10.2. The van der Waals surface area contributed by atoms with Crippen LogP contribution in [0.3, 0.4) is 0 Å². The highest BCUT2D eigenvalue weighted by Crippen LogP contribution is 2.65. The standard InChI is InChI=1S/C21H32O4/c1-13(23)25-15-7-10-21(12-22)14(11-15)3-4-16-17-5-6-19(24)20(17,2)9-8-18(16)21/h14-18,22H,3-12H2,1-2H3/t14-,15+,16+,17+,18+,20+,21-/m1/s1. The molecule has 0 unspecified atom stereocenters. The summed E-state index contributed by atoms with van der Waals surface area (Å²) in [5, 5.41) is 10.5. The number of esters is 1. The molecule has 4 nitrogen and oxygen atoms in total. The van der Waals surface area contributed by atoms with E-state index in [0.717, 1.165) is 51.4 Å². The van der Waals surface area contributed by atoms with Crippen molar-refractivity contribution in [2.75, 3.05) is 6.61 Å². The van der Waals surface area contributed by atoms with Crippen LogP contribution >= 0.6 is 0 Å². The minimum Gasteiger partial charge on any atom is -0.463 e. The van der Waals surface area contributed by atoms with E-state index in [2.05, 4.69) is 6.92 Å². The molecule has 4 rings (SSSR count). The number of hydrogen-bond donors (Lipinski definition) is 1. The third-order valence-electron chi connectivity index (χ3n) is 8.65. The Bertz CT molecular complexity index is 572. The van der Waals surface area contributed by atoms with Gasteiger partial charge in [-0.2, -0.15) is 0 Å². The van der Waals surface area contributed by atoms with Gasteiger partial charge in [0.25, 0.3) is 0 Å². The number of ether oxygens (including phenoxy) is 1. The molecule has 0 aromatic carbocycles. The van der Waals surface area contributed by atoms with Crippen LogP contribution in [0.15, 0.2) is 0 Å². The average molecular weight is 348 g/mol.